The second-order valence-electron chi connectivity index (χ2n) is 5.20. The van der Waals surface area contributed by atoms with Crippen molar-refractivity contribution in [3.63, 3.8) is 0 Å². The first-order valence-electron chi connectivity index (χ1n) is 6.80. The molecule has 0 spiro atoms. The number of fused-ring (bicyclic) bond motifs is 1. The van der Waals surface area contributed by atoms with Gasteiger partial charge in [0.25, 0.3) is 5.91 Å². The van der Waals surface area contributed by atoms with Gasteiger partial charge in [-0.2, -0.15) is 0 Å². The number of aromatic nitrogens is 1. The molecule has 1 aromatic heterocycles. The molecule has 3 rings (SSSR count). The summed E-state index contributed by atoms with van der Waals surface area (Å²) in [5, 5.41) is 4.10. The maximum absolute atomic E-state index is 12.7. The molecule has 1 aliphatic heterocycles. The van der Waals surface area contributed by atoms with Crippen LogP contribution in [0.5, 0.6) is 0 Å². The van der Waals surface area contributed by atoms with E-state index in [0.29, 0.717) is 24.2 Å². The SMILES string of the molecule is C[C@@H]1CN(C(=O)c2cc(=O)[nH]c3ccccc23)CCN1. The van der Waals surface area contributed by atoms with Crippen molar-refractivity contribution >= 4 is 16.8 Å². The molecule has 1 aliphatic rings. The van der Waals surface area contributed by atoms with Gasteiger partial charge in [0.2, 0.25) is 5.56 Å². The molecule has 0 aliphatic carbocycles. The lowest BCUT2D eigenvalue weighted by Crippen LogP contribution is -2.51. The number of carbonyl (C=O) groups excluding carboxylic acids is 1. The summed E-state index contributed by atoms with van der Waals surface area (Å²) in [7, 11) is 0. The Kier molecular flexibility index (Phi) is 3.28. The van der Waals surface area contributed by atoms with Crippen LogP contribution in [-0.4, -0.2) is 41.5 Å². The van der Waals surface area contributed by atoms with Crippen molar-refractivity contribution in [2.75, 3.05) is 19.6 Å². The first kappa shape index (κ1) is 12.9. The molecule has 104 valence electrons. The number of benzene rings is 1. The fourth-order valence-electron chi connectivity index (χ4n) is 2.67. The molecule has 1 atom stereocenters. The number of carbonyl (C=O) groups is 1. The normalized spacial score (nSPS) is 19.2. The van der Waals surface area contributed by atoms with Gasteiger partial charge in [0.05, 0.1) is 5.56 Å². The quantitative estimate of drug-likeness (QED) is 0.812. The van der Waals surface area contributed by atoms with Crippen molar-refractivity contribution < 1.29 is 4.79 Å². The van der Waals surface area contributed by atoms with E-state index in [0.717, 1.165) is 11.9 Å². The Hall–Kier alpha value is -2.14. The molecule has 1 fully saturated rings. The van der Waals surface area contributed by atoms with Gasteiger partial charge in [-0.15, -0.1) is 0 Å². The Morgan fingerprint density at radius 3 is 2.95 bits per heavy atom. The first-order chi connectivity index (χ1) is 9.65. The van der Waals surface area contributed by atoms with Gasteiger partial charge in [0, 0.05) is 42.6 Å². The van der Waals surface area contributed by atoms with Crippen LogP contribution in [0.1, 0.15) is 17.3 Å². The fraction of sp³-hybridized carbons (Fsp3) is 0.333. The number of piperazine rings is 1. The van der Waals surface area contributed by atoms with Gasteiger partial charge < -0.3 is 15.2 Å². The summed E-state index contributed by atoms with van der Waals surface area (Å²) in [4.78, 5) is 28.9. The van der Waals surface area contributed by atoms with Gasteiger partial charge in [-0.05, 0) is 13.0 Å². The van der Waals surface area contributed by atoms with E-state index in [2.05, 4.69) is 17.2 Å². The summed E-state index contributed by atoms with van der Waals surface area (Å²) >= 11 is 0. The molecule has 2 heterocycles. The van der Waals surface area contributed by atoms with E-state index in [1.807, 2.05) is 29.2 Å². The molecule has 1 aromatic carbocycles. The highest BCUT2D eigenvalue weighted by atomic mass is 16.2. The van der Waals surface area contributed by atoms with E-state index in [1.165, 1.54) is 6.07 Å². The average Bonchev–Trinajstić information content (AvgIpc) is 2.45. The molecule has 5 nitrogen and oxygen atoms in total. The Balaban J connectivity index is 2.05. The van der Waals surface area contributed by atoms with Crippen molar-refractivity contribution in [3.8, 4) is 0 Å². The molecule has 0 radical (unpaired) electrons. The maximum Gasteiger partial charge on any atom is 0.254 e. The van der Waals surface area contributed by atoms with E-state index < -0.39 is 0 Å². The van der Waals surface area contributed by atoms with E-state index in [4.69, 9.17) is 0 Å². The van der Waals surface area contributed by atoms with Gasteiger partial charge in [-0.25, -0.2) is 0 Å². The smallest absolute Gasteiger partial charge is 0.254 e. The first-order valence-corrected chi connectivity index (χ1v) is 6.80. The van der Waals surface area contributed by atoms with Crippen LogP contribution in [0.3, 0.4) is 0 Å². The fourth-order valence-corrected chi connectivity index (χ4v) is 2.67. The van der Waals surface area contributed by atoms with Gasteiger partial charge in [-0.1, -0.05) is 18.2 Å². The second kappa shape index (κ2) is 5.09. The number of amides is 1. The van der Waals surface area contributed by atoms with Gasteiger partial charge in [-0.3, -0.25) is 9.59 Å². The van der Waals surface area contributed by atoms with Crippen molar-refractivity contribution in [2.24, 2.45) is 0 Å². The van der Waals surface area contributed by atoms with Crippen molar-refractivity contribution in [3.05, 3.63) is 46.2 Å². The minimum absolute atomic E-state index is 0.0688. The highest BCUT2D eigenvalue weighted by Crippen LogP contribution is 2.17. The molecular weight excluding hydrogens is 254 g/mol. The number of aromatic amines is 1. The summed E-state index contributed by atoms with van der Waals surface area (Å²) in [6.45, 7) is 4.17. The molecule has 5 heteroatoms. The molecular formula is C15H17N3O2. The molecule has 0 bridgehead atoms. The highest BCUT2D eigenvalue weighted by Gasteiger charge is 2.23. The van der Waals surface area contributed by atoms with Crippen LogP contribution in [0, 0.1) is 0 Å². The van der Waals surface area contributed by atoms with Crippen LogP contribution < -0.4 is 10.9 Å². The van der Waals surface area contributed by atoms with E-state index in [9.17, 15) is 9.59 Å². The summed E-state index contributed by atoms with van der Waals surface area (Å²) in [6, 6.07) is 9.08. The Labute approximate surface area is 116 Å². The lowest BCUT2D eigenvalue weighted by molar-refractivity contribution is 0.0711. The van der Waals surface area contributed by atoms with E-state index >= 15 is 0 Å². The minimum Gasteiger partial charge on any atom is -0.336 e. The zero-order valence-electron chi connectivity index (χ0n) is 11.3. The lowest BCUT2D eigenvalue weighted by Gasteiger charge is -2.32. The number of hydrogen-bond donors (Lipinski definition) is 2. The summed E-state index contributed by atoms with van der Waals surface area (Å²) in [6.07, 6.45) is 0. The zero-order valence-corrected chi connectivity index (χ0v) is 11.3. The van der Waals surface area contributed by atoms with Crippen molar-refractivity contribution in [1.82, 2.24) is 15.2 Å². The van der Waals surface area contributed by atoms with Crippen LogP contribution in [0.25, 0.3) is 10.9 Å². The number of nitrogens with one attached hydrogen (secondary N) is 2. The van der Waals surface area contributed by atoms with E-state index in [-0.39, 0.29) is 17.5 Å². The second-order valence-corrected chi connectivity index (χ2v) is 5.20. The molecule has 20 heavy (non-hydrogen) atoms. The molecule has 2 aromatic rings. The number of H-pyrrole nitrogens is 1. The molecule has 0 saturated carbocycles. The summed E-state index contributed by atoms with van der Waals surface area (Å²) in [5.74, 6) is -0.0688. The standard InChI is InChI=1S/C15H17N3O2/c1-10-9-18(7-6-16-10)15(20)12-8-14(19)17-13-5-3-2-4-11(12)13/h2-5,8,10,16H,6-7,9H2,1H3,(H,17,19)/t10-/m1/s1. The Bertz CT molecular complexity index is 708. The summed E-state index contributed by atoms with van der Waals surface area (Å²) < 4.78 is 0. The minimum atomic E-state index is -0.241. The predicted octanol–water partition coefficient (Wildman–Crippen LogP) is 0.962. The average molecular weight is 271 g/mol. The van der Waals surface area contributed by atoms with Crippen LogP contribution in [0.15, 0.2) is 35.1 Å². The van der Waals surface area contributed by atoms with Crippen LogP contribution in [0.2, 0.25) is 0 Å². The Morgan fingerprint density at radius 2 is 2.15 bits per heavy atom. The number of nitrogens with zero attached hydrogens (tertiary/aromatic N) is 1. The third kappa shape index (κ3) is 2.32. The van der Waals surface area contributed by atoms with Crippen LogP contribution in [0.4, 0.5) is 0 Å². The number of pyridine rings is 1. The highest BCUT2D eigenvalue weighted by molar-refractivity contribution is 6.06. The lowest BCUT2D eigenvalue weighted by atomic mass is 10.1. The number of rotatable bonds is 1. The van der Waals surface area contributed by atoms with Crippen molar-refractivity contribution in [2.45, 2.75) is 13.0 Å². The monoisotopic (exact) mass is 271 g/mol. The predicted molar refractivity (Wildman–Crippen MR) is 77.9 cm³/mol. The Morgan fingerprint density at radius 1 is 1.35 bits per heavy atom. The van der Waals surface area contributed by atoms with Crippen LogP contribution in [-0.2, 0) is 0 Å². The summed E-state index contributed by atoms with van der Waals surface area (Å²) in [5.41, 5.74) is 0.945. The topological polar surface area (TPSA) is 65.2 Å². The number of hydrogen-bond acceptors (Lipinski definition) is 3. The zero-order chi connectivity index (χ0) is 14.1. The van der Waals surface area contributed by atoms with E-state index in [1.54, 1.807) is 0 Å². The third-order valence-electron chi connectivity index (χ3n) is 3.64. The molecule has 1 saturated heterocycles. The molecule has 2 N–H and O–H groups in total. The maximum atomic E-state index is 12.7. The largest absolute Gasteiger partial charge is 0.336 e. The third-order valence-corrected chi connectivity index (χ3v) is 3.64. The van der Waals surface area contributed by atoms with Crippen molar-refractivity contribution in [1.29, 1.82) is 0 Å². The van der Waals surface area contributed by atoms with Gasteiger partial charge in [0.1, 0.15) is 0 Å². The van der Waals surface area contributed by atoms with Crippen LogP contribution >= 0.6 is 0 Å². The van der Waals surface area contributed by atoms with Gasteiger partial charge >= 0.3 is 0 Å². The van der Waals surface area contributed by atoms with Gasteiger partial charge in [0.15, 0.2) is 0 Å². The molecule has 1 amide bonds. The number of para-hydroxylation sites is 1. The molecule has 0 unspecified atom stereocenters.